The molecule has 9 heteroatoms. The lowest BCUT2D eigenvalue weighted by Gasteiger charge is -2.07. The quantitative estimate of drug-likeness (QED) is 0.107. The molecule has 184 valence electrons. The third kappa shape index (κ3) is 5.17. The van der Waals surface area contributed by atoms with E-state index in [4.69, 9.17) is 13.9 Å². The van der Waals surface area contributed by atoms with Crippen molar-refractivity contribution in [3.63, 3.8) is 0 Å². The summed E-state index contributed by atoms with van der Waals surface area (Å²) in [4.78, 5) is 28.8. The van der Waals surface area contributed by atoms with Gasteiger partial charge in [0, 0.05) is 26.5 Å². The van der Waals surface area contributed by atoms with Crippen LogP contribution in [0.15, 0.2) is 99.1 Å². The molecule has 2 aromatic heterocycles. The summed E-state index contributed by atoms with van der Waals surface area (Å²) in [5.41, 5.74) is 5.78. The average Bonchev–Trinajstić information content (AvgIpc) is 3.59. The topological polar surface area (TPSA) is 106 Å². The number of H-pyrrole nitrogens is 1. The van der Waals surface area contributed by atoms with Gasteiger partial charge in [-0.05, 0) is 54.1 Å². The van der Waals surface area contributed by atoms with E-state index < -0.39 is 11.9 Å². The second-order valence-electron chi connectivity index (χ2n) is 7.90. The van der Waals surface area contributed by atoms with E-state index in [1.54, 1.807) is 31.4 Å². The molecule has 0 saturated heterocycles. The molecular formula is C28H20BrN3O5. The number of nitrogens with zero attached hydrogens (tertiary/aromatic N) is 1. The number of aromatic nitrogens is 1. The molecule has 2 heterocycles. The van der Waals surface area contributed by atoms with Crippen molar-refractivity contribution in [3.8, 4) is 22.6 Å². The molecular weight excluding hydrogens is 538 g/mol. The highest BCUT2D eigenvalue weighted by molar-refractivity contribution is 9.10. The Bertz CT molecular complexity index is 1610. The molecule has 5 rings (SSSR count). The Morgan fingerprint density at radius 1 is 1.03 bits per heavy atom. The summed E-state index contributed by atoms with van der Waals surface area (Å²) in [7, 11) is 1.60. The van der Waals surface area contributed by atoms with E-state index in [-0.39, 0.29) is 11.5 Å². The highest BCUT2D eigenvalue weighted by Gasteiger charge is 2.20. The van der Waals surface area contributed by atoms with Gasteiger partial charge in [0.15, 0.2) is 0 Å². The van der Waals surface area contributed by atoms with Crippen molar-refractivity contribution in [2.75, 3.05) is 7.11 Å². The highest BCUT2D eigenvalue weighted by Crippen LogP contribution is 2.34. The second kappa shape index (κ2) is 10.5. The Kier molecular flexibility index (Phi) is 6.87. The van der Waals surface area contributed by atoms with Crippen LogP contribution < -0.4 is 14.9 Å². The fourth-order valence-electron chi connectivity index (χ4n) is 3.85. The fourth-order valence-corrected chi connectivity index (χ4v) is 4.23. The number of hydrogen-bond donors (Lipinski definition) is 2. The number of carbonyl (C=O) groups excluding carboxylic acids is 2. The summed E-state index contributed by atoms with van der Waals surface area (Å²) in [6, 6.07) is 23.3. The lowest BCUT2D eigenvalue weighted by molar-refractivity contribution is 0.0700. The normalized spacial score (nSPS) is 11.1. The molecule has 0 aliphatic carbocycles. The van der Waals surface area contributed by atoms with Gasteiger partial charge in [-0.1, -0.05) is 46.3 Å². The number of hydrazone groups is 1. The minimum atomic E-state index is -0.646. The molecule has 0 radical (unpaired) electrons. The van der Waals surface area contributed by atoms with Gasteiger partial charge >= 0.3 is 5.97 Å². The van der Waals surface area contributed by atoms with Crippen molar-refractivity contribution in [3.05, 3.63) is 107 Å². The molecule has 2 N–H and O–H groups in total. The number of fused-ring (bicyclic) bond motifs is 1. The molecule has 8 nitrogen and oxygen atoms in total. The van der Waals surface area contributed by atoms with Crippen LogP contribution in [0.4, 0.5) is 0 Å². The lowest BCUT2D eigenvalue weighted by atomic mass is 10.0. The van der Waals surface area contributed by atoms with Crippen molar-refractivity contribution in [1.82, 2.24) is 10.4 Å². The van der Waals surface area contributed by atoms with E-state index in [1.807, 2.05) is 48.5 Å². The summed E-state index contributed by atoms with van der Waals surface area (Å²) < 4.78 is 16.7. The number of carbonyl (C=O) groups is 2. The lowest BCUT2D eigenvalue weighted by Crippen LogP contribution is -2.19. The number of halogens is 1. The molecule has 1 amide bonds. The maximum absolute atomic E-state index is 13.2. The summed E-state index contributed by atoms with van der Waals surface area (Å²) in [5.74, 6) is -0.0744. The molecule has 5 aromatic rings. The SMILES string of the molecule is COc1ccc2[nH]c(C(=O)NN=Cc3cc(Br)ccc3OC(=O)c3ccco3)c(-c3ccccc3)c2c1. The largest absolute Gasteiger partial charge is 0.497 e. The molecule has 0 atom stereocenters. The number of esters is 1. The van der Waals surface area contributed by atoms with E-state index in [1.165, 1.54) is 18.5 Å². The van der Waals surface area contributed by atoms with Gasteiger partial charge in [0.1, 0.15) is 17.2 Å². The molecule has 0 saturated carbocycles. The first-order valence-electron chi connectivity index (χ1n) is 11.2. The standard InChI is InChI=1S/C28H20BrN3O5/c1-35-20-10-11-22-21(15-20)25(17-6-3-2-4-7-17)26(31-22)27(33)32-30-16-18-14-19(29)9-12-23(18)37-28(34)24-8-5-13-36-24/h2-16,31H,1H3,(H,32,33). The van der Waals surface area contributed by atoms with E-state index in [9.17, 15) is 9.59 Å². The summed E-state index contributed by atoms with van der Waals surface area (Å²) in [5, 5.41) is 4.97. The Labute approximate surface area is 220 Å². The van der Waals surface area contributed by atoms with Crippen LogP contribution in [0.5, 0.6) is 11.5 Å². The monoisotopic (exact) mass is 557 g/mol. The van der Waals surface area contributed by atoms with Crippen LogP contribution >= 0.6 is 15.9 Å². The Hall–Kier alpha value is -4.63. The zero-order valence-corrected chi connectivity index (χ0v) is 21.1. The minimum Gasteiger partial charge on any atom is -0.497 e. The number of amides is 1. The van der Waals surface area contributed by atoms with Crippen LogP contribution in [-0.4, -0.2) is 30.2 Å². The number of aromatic amines is 1. The molecule has 0 aliphatic rings. The third-order valence-corrected chi connectivity index (χ3v) is 6.06. The fraction of sp³-hybridized carbons (Fsp3) is 0.0357. The minimum absolute atomic E-state index is 0.0722. The molecule has 0 bridgehead atoms. The van der Waals surface area contributed by atoms with Crippen LogP contribution in [-0.2, 0) is 0 Å². The zero-order chi connectivity index (χ0) is 25.8. The number of nitrogens with one attached hydrogen (secondary N) is 2. The van der Waals surface area contributed by atoms with Gasteiger partial charge in [-0.3, -0.25) is 4.79 Å². The maximum Gasteiger partial charge on any atom is 0.379 e. The number of hydrogen-bond acceptors (Lipinski definition) is 6. The van der Waals surface area contributed by atoms with Crippen molar-refractivity contribution in [1.29, 1.82) is 0 Å². The van der Waals surface area contributed by atoms with Crippen molar-refractivity contribution in [2.45, 2.75) is 0 Å². The zero-order valence-electron chi connectivity index (χ0n) is 19.5. The van der Waals surface area contributed by atoms with E-state index in [2.05, 4.69) is 31.4 Å². The maximum atomic E-state index is 13.2. The second-order valence-corrected chi connectivity index (χ2v) is 8.82. The van der Waals surface area contributed by atoms with Crippen LogP contribution in [0, 0.1) is 0 Å². The van der Waals surface area contributed by atoms with Gasteiger partial charge in [-0.25, -0.2) is 10.2 Å². The smallest absolute Gasteiger partial charge is 0.379 e. The van der Waals surface area contributed by atoms with E-state index >= 15 is 0 Å². The van der Waals surface area contributed by atoms with Gasteiger partial charge in [-0.15, -0.1) is 0 Å². The van der Waals surface area contributed by atoms with Crippen molar-refractivity contribution < 1.29 is 23.5 Å². The predicted molar refractivity (Wildman–Crippen MR) is 143 cm³/mol. The van der Waals surface area contributed by atoms with Crippen molar-refractivity contribution in [2.24, 2.45) is 5.10 Å². The Morgan fingerprint density at radius 2 is 1.86 bits per heavy atom. The Balaban J connectivity index is 1.43. The highest BCUT2D eigenvalue weighted by atomic mass is 79.9. The Morgan fingerprint density at radius 3 is 2.62 bits per heavy atom. The van der Waals surface area contributed by atoms with Gasteiger partial charge in [-0.2, -0.15) is 5.10 Å². The molecule has 0 unspecified atom stereocenters. The molecule has 0 fully saturated rings. The first-order chi connectivity index (χ1) is 18.0. The van der Waals surface area contributed by atoms with Gasteiger partial charge in [0.05, 0.1) is 19.6 Å². The summed E-state index contributed by atoms with van der Waals surface area (Å²) >= 11 is 3.40. The van der Waals surface area contributed by atoms with Gasteiger partial charge in [0.2, 0.25) is 5.76 Å². The number of rotatable bonds is 7. The predicted octanol–water partition coefficient (Wildman–Crippen LogP) is 6.18. The third-order valence-electron chi connectivity index (χ3n) is 5.56. The van der Waals surface area contributed by atoms with E-state index in [0.29, 0.717) is 17.0 Å². The molecule has 37 heavy (non-hydrogen) atoms. The summed E-state index contributed by atoms with van der Waals surface area (Å²) in [6.45, 7) is 0. The van der Waals surface area contributed by atoms with E-state index in [0.717, 1.165) is 26.5 Å². The summed E-state index contributed by atoms with van der Waals surface area (Å²) in [6.07, 6.45) is 2.79. The molecule has 0 spiro atoms. The average molecular weight is 558 g/mol. The first kappa shape index (κ1) is 24.1. The number of benzene rings is 3. The number of furan rings is 1. The van der Waals surface area contributed by atoms with Gasteiger partial charge < -0.3 is 18.9 Å². The van der Waals surface area contributed by atoms with Gasteiger partial charge in [0.25, 0.3) is 5.91 Å². The molecule has 0 aliphatic heterocycles. The van der Waals surface area contributed by atoms with Crippen LogP contribution in [0.2, 0.25) is 0 Å². The number of ether oxygens (including phenoxy) is 2. The van der Waals surface area contributed by atoms with Crippen LogP contribution in [0.3, 0.4) is 0 Å². The number of methoxy groups -OCH3 is 1. The van der Waals surface area contributed by atoms with Crippen molar-refractivity contribution >= 4 is 44.9 Å². The van der Waals surface area contributed by atoms with Crippen LogP contribution in [0.25, 0.3) is 22.0 Å². The molecule has 3 aromatic carbocycles. The van der Waals surface area contributed by atoms with Crippen LogP contribution in [0.1, 0.15) is 26.6 Å². The first-order valence-corrected chi connectivity index (χ1v) is 12.0.